The molecule has 0 saturated heterocycles. The Morgan fingerprint density at radius 3 is 0.951 bits per heavy atom. The molecular formula is C39H64O2. The van der Waals surface area contributed by atoms with Crippen molar-refractivity contribution < 1.29 is 10.2 Å². The molecular weight excluding hydrogens is 500 g/mol. The number of phenolic OH excluding ortho intramolecular Hbond substituents is 2. The zero-order valence-corrected chi connectivity index (χ0v) is 27.0. The quantitative estimate of drug-likeness (QED) is 0.112. The van der Waals surface area contributed by atoms with E-state index in [1.807, 2.05) is 12.1 Å². The van der Waals surface area contributed by atoms with Gasteiger partial charge in [0.25, 0.3) is 0 Å². The first-order valence-electron chi connectivity index (χ1n) is 17.8. The molecule has 0 amide bonds. The van der Waals surface area contributed by atoms with Crippen LogP contribution in [0.4, 0.5) is 0 Å². The van der Waals surface area contributed by atoms with Gasteiger partial charge < -0.3 is 10.2 Å². The lowest BCUT2D eigenvalue weighted by Gasteiger charge is -2.13. The third-order valence-electron chi connectivity index (χ3n) is 8.89. The summed E-state index contributed by atoms with van der Waals surface area (Å²) < 4.78 is 0. The smallest absolute Gasteiger partial charge is 0.122 e. The van der Waals surface area contributed by atoms with Crippen molar-refractivity contribution in [1.29, 1.82) is 0 Å². The highest BCUT2D eigenvalue weighted by Gasteiger charge is 2.12. The van der Waals surface area contributed by atoms with Crippen molar-refractivity contribution in [2.75, 3.05) is 0 Å². The van der Waals surface area contributed by atoms with E-state index in [0.29, 0.717) is 17.9 Å². The minimum Gasteiger partial charge on any atom is -0.507 e. The Morgan fingerprint density at radius 1 is 0.366 bits per heavy atom. The van der Waals surface area contributed by atoms with Crippen LogP contribution in [0.2, 0.25) is 0 Å². The number of hydrogen-bond donors (Lipinski definition) is 2. The van der Waals surface area contributed by atoms with Crippen LogP contribution in [0.15, 0.2) is 36.4 Å². The largest absolute Gasteiger partial charge is 0.507 e. The summed E-state index contributed by atoms with van der Waals surface area (Å²) in [6.07, 6.45) is 31.8. The van der Waals surface area contributed by atoms with Gasteiger partial charge in [-0.15, -0.1) is 0 Å². The Hall–Kier alpha value is -1.96. The second kappa shape index (κ2) is 23.6. The standard InChI is InChI=1S/C39H64O2/c1-3-5-7-9-11-13-15-17-19-21-23-27-34-29-25-31-36(38(34)40)33-37-32-26-30-35(39(37)41)28-24-22-20-18-16-14-12-10-8-6-4-2/h25-26,29-32,40-41H,3-24,27-28,33H2,1-2H3. The van der Waals surface area contributed by atoms with E-state index >= 15 is 0 Å². The molecule has 0 aliphatic heterocycles. The normalized spacial score (nSPS) is 11.4. The van der Waals surface area contributed by atoms with Crippen molar-refractivity contribution in [3.8, 4) is 11.5 Å². The molecule has 232 valence electrons. The minimum atomic E-state index is 0.426. The average molecular weight is 565 g/mol. The van der Waals surface area contributed by atoms with Gasteiger partial charge in [-0.1, -0.05) is 179 Å². The first kappa shape index (κ1) is 35.2. The average Bonchev–Trinajstić information content (AvgIpc) is 2.98. The molecule has 2 heteroatoms. The molecule has 0 aliphatic carbocycles. The van der Waals surface area contributed by atoms with Gasteiger partial charge >= 0.3 is 0 Å². The molecule has 0 aliphatic rings. The Kier molecular flexibility index (Phi) is 20.3. The summed E-state index contributed by atoms with van der Waals surface area (Å²) in [7, 11) is 0. The highest BCUT2D eigenvalue weighted by molar-refractivity contribution is 5.47. The van der Waals surface area contributed by atoms with Crippen molar-refractivity contribution in [3.05, 3.63) is 58.7 Å². The summed E-state index contributed by atoms with van der Waals surface area (Å²) in [5, 5.41) is 22.0. The van der Waals surface area contributed by atoms with E-state index in [1.54, 1.807) is 0 Å². The van der Waals surface area contributed by atoms with Gasteiger partial charge in [-0.05, 0) is 47.9 Å². The number of aryl methyl sites for hydroxylation is 2. The van der Waals surface area contributed by atoms with Crippen molar-refractivity contribution in [1.82, 2.24) is 0 Å². The fourth-order valence-corrected chi connectivity index (χ4v) is 6.14. The predicted octanol–water partition coefficient (Wildman–Crippen LogP) is 12.4. The number of unbranched alkanes of at least 4 members (excludes halogenated alkanes) is 20. The van der Waals surface area contributed by atoms with Gasteiger partial charge in [0.15, 0.2) is 0 Å². The molecule has 0 saturated carbocycles. The van der Waals surface area contributed by atoms with Crippen molar-refractivity contribution in [2.45, 2.75) is 174 Å². The molecule has 41 heavy (non-hydrogen) atoms. The molecule has 0 spiro atoms. The van der Waals surface area contributed by atoms with Crippen LogP contribution in [0.1, 0.15) is 177 Å². The number of rotatable bonds is 26. The lowest BCUT2D eigenvalue weighted by Crippen LogP contribution is -1.96. The Balaban J connectivity index is 1.67. The highest BCUT2D eigenvalue weighted by Crippen LogP contribution is 2.31. The molecule has 2 N–H and O–H groups in total. The third kappa shape index (κ3) is 15.7. The molecule has 0 atom stereocenters. The predicted molar refractivity (Wildman–Crippen MR) is 179 cm³/mol. The summed E-state index contributed by atoms with van der Waals surface area (Å²) >= 11 is 0. The van der Waals surface area contributed by atoms with Crippen LogP contribution >= 0.6 is 0 Å². The van der Waals surface area contributed by atoms with Crippen LogP contribution in [-0.4, -0.2) is 10.2 Å². The molecule has 0 bridgehead atoms. The second-order valence-electron chi connectivity index (χ2n) is 12.6. The molecule has 0 heterocycles. The second-order valence-corrected chi connectivity index (χ2v) is 12.6. The zero-order chi connectivity index (χ0) is 29.4. The van der Waals surface area contributed by atoms with E-state index in [-0.39, 0.29) is 0 Å². The Bertz CT molecular complexity index is 829. The van der Waals surface area contributed by atoms with Gasteiger partial charge in [0, 0.05) is 6.42 Å². The minimum absolute atomic E-state index is 0.426. The van der Waals surface area contributed by atoms with Crippen LogP contribution < -0.4 is 0 Å². The lowest BCUT2D eigenvalue weighted by molar-refractivity contribution is 0.453. The Morgan fingerprint density at radius 2 is 0.634 bits per heavy atom. The molecule has 2 nitrogen and oxygen atoms in total. The van der Waals surface area contributed by atoms with Crippen molar-refractivity contribution in [3.63, 3.8) is 0 Å². The topological polar surface area (TPSA) is 40.5 Å². The summed E-state index contributed by atoms with van der Waals surface area (Å²) in [6.45, 7) is 4.56. The maximum absolute atomic E-state index is 11.0. The summed E-state index contributed by atoms with van der Waals surface area (Å²) in [5.74, 6) is 0.851. The zero-order valence-electron chi connectivity index (χ0n) is 27.0. The van der Waals surface area contributed by atoms with Gasteiger partial charge in [-0.2, -0.15) is 0 Å². The summed E-state index contributed by atoms with van der Waals surface area (Å²) in [5.41, 5.74) is 3.95. The van der Waals surface area contributed by atoms with Crippen LogP contribution in [0.3, 0.4) is 0 Å². The van der Waals surface area contributed by atoms with Gasteiger partial charge in [0.1, 0.15) is 11.5 Å². The monoisotopic (exact) mass is 564 g/mol. The molecule has 0 aromatic heterocycles. The van der Waals surface area contributed by atoms with E-state index in [9.17, 15) is 10.2 Å². The number of phenols is 2. The van der Waals surface area contributed by atoms with Crippen LogP contribution in [0.5, 0.6) is 11.5 Å². The molecule has 2 aromatic carbocycles. The van der Waals surface area contributed by atoms with Crippen LogP contribution in [0, 0.1) is 0 Å². The number of para-hydroxylation sites is 2. The van der Waals surface area contributed by atoms with Gasteiger partial charge in [0.2, 0.25) is 0 Å². The fourth-order valence-electron chi connectivity index (χ4n) is 6.14. The molecule has 0 radical (unpaired) electrons. The van der Waals surface area contributed by atoms with Gasteiger partial charge in [-0.3, -0.25) is 0 Å². The number of aromatic hydroxyl groups is 2. The van der Waals surface area contributed by atoms with Gasteiger partial charge in [-0.25, -0.2) is 0 Å². The summed E-state index contributed by atoms with van der Waals surface area (Å²) in [4.78, 5) is 0. The van der Waals surface area contributed by atoms with E-state index in [2.05, 4.69) is 38.1 Å². The fraction of sp³-hybridized carbons (Fsp3) is 0.692. The molecule has 2 rings (SSSR count). The van der Waals surface area contributed by atoms with Crippen molar-refractivity contribution in [2.24, 2.45) is 0 Å². The van der Waals surface area contributed by atoms with E-state index < -0.39 is 0 Å². The third-order valence-corrected chi connectivity index (χ3v) is 8.89. The molecule has 0 unspecified atom stereocenters. The first-order chi connectivity index (χ1) is 20.2. The molecule has 2 aromatic rings. The lowest BCUT2D eigenvalue weighted by atomic mass is 9.95. The highest BCUT2D eigenvalue weighted by atomic mass is 16.3. The Labute approximate surface area is 254 Å². The van der Waals surface area contributed by atoms with E-state index in [4.69, 9.17) is 0 Å². The summed E-state index contributed by atoms with van der Waals surface area (Å²) in [6, 6.07) is 12.3. The number of hydrogen-bond acceptors (Lipinski definition) is 2. The SMILES string of the molecule is CCCCCCCCCCCCCc1cccc(Cc2cccc(CCCCCCCCCCCCC)c2O)c1O. The van der Waals surface area contributed by atoms with Crippen LogP contribution in [0.25, 0.3) is 0 Å². The maximum atomic E-state index is 11.0. The van der Waals surface area contributed by atoms with E-state index in [0.717, 1.165) is 47.9 Å². The van der Waals surface area contributed by atoms with Crippen molar-refractivity contribution >= 4 is 0 Å². The maximum Gasteiger partial charge on any atom is 0.122 e. The van der Waals surface area contributed by atoms with Crippen LogP contribution in [-0.2, 0) is 19.3 Å². The number of benzene rings is 2. The van der Waals surface area contributed by atoms with Gasteiger partial charge in [0.05, 0.1) is 0 Å². The molecule has 0 fully saturated rings. The van der Waals surface area contributed by atoms with E-state index in [1.165, 1.54) is 128 Å². The first-order valence-corrected chi connectivity index (χ1v) is 17.8.